The predicted octanol–water partition coefficient (Wildman–Crippen LogP) is 1.36. The van der Waals surface area contributed by atoms with Gasteiger partial charge in [-0.2, -0.15) is 0 Å². The molecule has 0 unspecified atom stereocenters. The maximum atomic E-state index is 6.93. The molecule has 0 aliphatic carbocycles. The van der Waals surface area contributed by atoms with Gasteiger partial charge in [-0.1, -0.05) is 20.8 Å². The quantitative estimate of drug-likeness (QED) is 0.392. The Labute approximate surface area is 50.6 Å². The Balaban J connectivity index is 3.55. The fraction of sp³-hybridized carbons (Fsp3) is 0.833. The minimum atomic E-state index is 0.172. The van der Waals surface area contributed by atoms with E-state index in [4.69, 9.17) is 11.1 Å². The fourth-order valence-electron chi connectivity index (χ4n) is 0.571. The molecule has 0 aromatic heterocycles. The van der Waals surface area contributed by atoms with Crippen molar-refractivity contribution in [3.8, 4) is 0 Å². The normalized spacial score (nSPS) is 11.4. The third kappa shape index (κ3) is 5.47. The molecule has 0 bridgehead atoms. The molecule has 0 aromatic carbocycles. The molecule has 2 nitrogen and oxygen atoms in total. The summed E-state index contributed by atoms with van der Waals surface area (Å²) in [4.78, 5) is 0. The Hall–Kier alpha value is -0.530. The minimum Gasteiger partial charge on any atom is -0.388 e. The van der Waals surface area contributed by atoms with Crippen LogP contribution in [-0.4, -0.2) is 5.84 Å². The summed E-state index contributed by atoms with van der Waals surface area (Å²) in [6, 6.07) is 0. The van der Waals surface area contributed by atoms with Crippen LogP contribution < -0.4 is 5.73 Å². The van der Waals surface area contributed by atoms with E-state index in [1.54, 1.807) is 0 Å². The van der Waals surface area contributed by atoms with Crippen molar-refractivity contribution in [2.75, 3.05) is 0 Å². The van der Waals surface area contributed by atoms with Crippen molar-refractivity contribution in [3.05, 3.63) is 0 Å². The van der Waals surface area contributed by atoms with Gasteiger partial charge in [0.25, 0.3) is 0 Å². The van der Waals surface area contributed by atoms with Gasteiger partial charge in [-0.15, -0.1) is 0 Å². The number of nitrogens with two attached hydrogens (primary N) is 1. The molecular weight excluding hydrogens is 100 g/mol. The minimum absolute atomic E-state index is 0.172. The molecule has 0 rings (SSSR count). The van der Waals surface area contributed by atoms with Crippen LogP contribution in [0.3, 0.4) is 0 Å². The Morgan fingerprint density at radius 1 is 1.50 bits per heavy atom. The zero-order valence-electron chi connectivity index (χ0n) is 5.78. The third-order valence-corrected chi connectivity index (χ3v) is 0.721. The summed E-state index contributed by atoms with van der Waals surface area (Å²) in [5, 5.41) is 6.93. The SMILES string of the molecule is CC(C)(C)CC(=N)N. The number of nitrogens with one attached hydrogen (secondary N) is 1. The summed E-state index contributed by atoms with van der Waals surface area (Å²) in [5.41, 5.74) is 5.33. The summed E-state index contributed by atoms with van der Waals surface area (Å²) < 4.78 is 0. The Morgan fingerprint density at radius 3 is 1.88 bits per heavy atom. The molecule has 0 saturated heterocycles. The molecule has 48 valence electrons. The lowest BCUT2D eigenvalue weighted by Gasteiger charge is -2.15. The summed E-state index contributed by atoms with van der Waals surface area (Å²) in [6.45, 7) is 6.19. The van der Waals surface area contributed by atoms with Crippen LogP contribution in [-0.2, 0) is 0 Å². The highest BCUT2D eigenvalue weighted by Crippen LogP contribution is 2.16. The molecule has 2 heteroatoms. The van der Waals surface area contributed by atoms with E-state index in [2.05, 4.69) is 20.8 Å². The molecule has 0 fully saturated rings. The largest absolute Gasteiger partial charge is 0.388 e. The van der Waals surface area contributed by atoms with Crippen LogP contribution in [0.2, 0.25) is 0 Å². The van der Waals surface area contributed by atoms with Gasteiger partial charge >= 0.3 is 0 Å². The van der Waals surface area contributed by atoms with Crippen molar-refractivity contribution in [3.63, 3.8) is 0 Å². The second-order valence-corrected chi connectivity index (χ2v) is 3.26. The third-order valence-electron chi connectivity index (χ3n) is 0.721. The highest BCUT2D eigenvalue weighted by atomic mass is 14.7. The second kappa shape index (κ2) is 2.16. The molecular formula is C6H14N2. The first kappa shape index (κ1) is 7.47. The molecule has 0 radical (unpaired) electrons. The van der Waals surface area contributed by atoms with E-state index in [1.807, 2.05) is 0 Å². The molecule has 0 aliphatic heterocycles. The Bertz CT molecular complexity index is 89.2. The van der Waals surface area contributed by atoms with Crippen LogP contribution in [0.4, 0.5) is 0 Å². The zero-order chi connectivity index (χ0) is 6.78. The first-order valence-corrected chi connectivity index (χ1v) is 2.75. The van der Waals surface area contributed by atoms with Crippen LogP contribution >= 0.6 is 0 Å². The topological polar surface area (TPSA) is 49.9 Å². The van der Waals surface area contributed by atoms with E-state index in [0.717, 1.165) is 0 Å². The standard InChI is InChI=1S/C6H14N2/c1-6(2,3)4-5(7)8/h4H2,1-3H3,(H3,7,8). The van der Waals surface area contributed by atoms with Crippen LogP contribution in [0.5, 0.6) is 0 Å². The van der Waals surface area contributed by atoms with Gasteiger partial charge in [-0.25, -0.2) is 0 Å². The molecule has 0 atom stereocenters. The lowest BCUT2D eigenvalue weighted by molar-refractivity contribution is 0.432. The van der Waals surface area contributed by atoms with Crippen LogP contribution in [0.25, 0.3) is 0 Å². The summed E-state index contributed by atoms with van der Waals surface area (Å²) in [5.74, 6) is 0.275. The van der Waals surface area contributed by atoms with Gasteiger partial charge in [0.15, 0.2) is 0 Å². The van der Waals surface area contributed by atoms with Gasteiger partial charge in [0.05, 0.1) is 5.84 Å². The Kier molecular flexibility index (Phi) is 2.02. The van der Waals surface area contributed by atoms with Crippen LogP contribution in [0, 0.1) is 10.8 Å². The van der Waals surface area contributed by atoms with E-state index in [0.29, 0.717) is 6.42 Å². The molecule has 0 heterocycles. The predicted molar refractivity (Wildman–Crippen MR) is 36.0 cm³/mol. The summed E-state index contributed by atoms with van der Waals surface area (Å²) in [7, 11) is 0. The van der Waals surface area contributed by atoms with Gasteiger partial charge < -0.3 is 5.73 Å². The maximum Gasteiger partial charge on any atom is 0.0910 e. The van der Waals surface area contributed by atoms with Gasteiger partial charge in [-0.3, -0.25) is 5.41 Å². The van der Waals surface area contributed by atoms with Gasteiger partial charge in [0.2, 0.25) is 0 Å². The highest BCUT2D eigenvalue weighted by Gasteiger charge is 2.10. The first-order valence-electron chi connectivity index (χ1n) is 2.75. The van der Waals surface area contributed by atoms with Crippen molar-refractivity contribution in [2.24, 2.45) is 11.1 Å². The van der Waals surface area contributed by atoms with Crippen LogP contribution in [0.1, 0.15) is 27.2 Å². The van der Waals surface area contributed by atoms with Crippen molar-refractivity contribution in [1.82, 2.24) is 0 Å². The van der Waals surface area contributed by atoms with Gasteiger partial charge in [-0.05, 0) is 5.41 Å². The van der Waals surface area contributed by atoms with E-state index in [1.165, 1.54) is 0 Å². The van der Waals surface area contributed by atoms with E-state index in [-0.39, 0.29) is 11.3 Å². The monoisotopic (exact) mass is 114 g/mol. The fourth-order valence-corrected chi connectivity index (χ4v) is 0.571. The molecule has 0 amide bonds. The first-order chi connectivity index (χ1) is 3.42. The smallest absolute Gasteiger partial charge is 0.0910 e. The highest BCUT2D eigenvalue weighted by molar-refractivity contribution is 5.77. The van der Waals surface area contributed by atoms with Gasteiger partial charge in [0, 0.05) is 6.42 Å². The average Bonchev–Trinajstić information content (AvgIpc) is 1.21. The Morgan fingerprint density at radius 2 is 1.88 bits per heavy atom. The summed E-state index contributed by atoms with van der Waals surface area (Å²) in [6.07, 6.45) is 0.688. The molecule has 0 saturated carbocycles. The maximum absolute atomic E-state index is 6.93. The van der Waals surface area contributed by atoms with Gasteiger partial charge in [0.1, 0.15) is 0 Å². The number of hydrogen-bond donors (Lipinski definition) is 2. The number of hydrogen-bond acceptors (Lipinski definition) is 1. The number of amidine groups is 1. The van der Waals surface area contributed by atoms with E-state index >= 15 is 0 Å². The van der Waals surface area contributed by atoms with Crippen molar-refractivity contribution < 1.29 is 0 Å². The van der Waals surface area contributed by atoms with Crippen molar-refractivity contribution in [1.29, 1.82) is 5.41 Å². The van der Waals surface area contributed by atoms with E-state index in [9.17, 15) is 0 Å². The summed E-state index contributed by atoms with van der Waals surface area (Å²) >= 11 is 0. The van der Waals surface area contributed by atoms with Crippen LogP contribution in [0.15, 0.2) is 0 Å². The number of rotatable bonds is 1. The van der Waals surface area contributed by atoms with Crippen molar-refractivity contribution in [2.45, 2.75) is 27.2 Å². The molecule has 0 spiro atoms. The molecule has 0 aliphatic rings. The van der Waals surface area contributed by atoms with Crippen molar-refractivity contribution >= 4 is 5.84 Å². The van der Waals surface area contributed by atoms with E-state index < -0.39 is 0 Å². The molecule has 8 heavy (non-hydrogen) atoms. The molecule has 3 N–H and O–H groups in total. The lowest BCUT2D eigenvalue weighted by Crippen LogP contribution is -2.18. The molecule has 0 aromatic rings. The zero-order valence-corrected chi connectivity index (χ0v) is 5.78. The second-order valence-electron chi connectivity index (χ2n) is 3.26. The average molecular weight is 114 g/mol. The lowest BCUT2D eigenvalue weighted by atomic mass is 9.92.